The highest BCUT2D eigenvalue weighted by molar-refractivity contribution is 5.48. The fraction of sp³-hybridized carbons (Fsp3) is 0.692. The summed E-state index contributed by atoms with van der Waals surface area (Å²) in [6.07, 6.45) is 3.52. The lowest BCUT2D eigenvalue weighted by Crippen LogP contribution is -2.33. The van der Waals surface area contributed by atoms with E-state index >= 15 is 0 Å². The van der Waals surface area contributed by atoms with Gasteiger partial charge in [0.25, 0.3) is 0 Å². The van der Waals surface area contributed by atoms with Gasteiger partial charge < -0.3 is 10.6 Å². The Balaban J connectivity index is 2.28. The van der Waals surface area contributed by atoms with Gasteiger partial charge in [0.2, 0.25) is 0 Å². The highest BCUT2D eigenvalue weighted by atomic mass is 15.2. The van der Waals surface area contributed by atoms with Crippen LogP contribution in [0.25, 0.3) is 0 Å². The molecule has 1 atom stereocenters. The first-order valence-electron chi connectivity index (χ1n) is 6.56. The summed E-state index contributed by atoms with van der Waals surface area (Å²) in [6, 6.07) is 2.38. The minimum absolute atomic E-state index is 0.487. The lowest BCUT2D eigenvalue weighted by atomic mass is 10.2. The number of anilines is 2. The summed E-state index contributed by atoms with van der Waals surface area (Å²) >= 11 is 0. The summed E-state index contributed by atoms with van der Waals surface area (Å²) in [6.45, 7) is 7.52. The molecule has 2 N–H and O–H groups in total. The maximum absolute atomic E-state index is 5.88. The van der Waals surface area contributed by atoms with Crippen molar-refractivity contribution in [3.63, 3.8) is 0 Å². The highest BCUT2D eigenvalue weighted by Crippen LogP contribution is 2.39. The standard InChI is InChI=1S/C13H22N4/c1-4-9(3)17(5-2)12-8-11(14)15-13(16-12)10-6-7-10/h8-10H,4-7H2,1-3H3,(H2,14,15,16). The van der Waals surface area contributed by atoms with Gasteiger partial charge in [0.15, 0.2) is 0 Å². The average molecular weight is 234 g/mol. The minimum atomic E-state index is 0.487. The fourth-order valence-corrected chi connectivity index (χ4v) is 2.06. The lowest BCUT2D eigenvalue weighted by molar-refractivity contribution is 0.620. The predicted molar refractivity (Wildman–Crippen MR) is 71.2 cm³/mol. The molecule has 1 aliphatic carbocycles. The molecule has 1 heterocycles. The van der Waals surface area contributed by atoms with Crippen LogP contribution in [0.3, 0.4) is 0 Å². The van der Waals surface area contributed by atoms with E-state index < -0.39 is 0 Å². The zero-order valence-corrected chi connectivity index (χ0v) is 11.0. The topological polar surface area (TPSA) is 55.0 Å². The van der Waals surface area contributed by atoms with E-state index in [0.29, 0.717) is 17.8 Å². The maximum atomic E-state index is 5.88. The first-order chi connectivity index (χ1) is 8.15. The number of nitrogens with zero attached hydrogens (tertiary/aromatic N) is 3. The van der Waals surface area contributed by atoms with Crippen molar-refractivity contribution in [2.45, 2.75) is 52.0 Å². The van der Waals surface area contributed by atoms with Crippen LogP contribution in [0.5, 0.6) is 0 Å². The van der Waals surface area contributed by atoms with Crippen molar-refractivity contribution in [2.75, 3.05) is 17.2 Å². The Labute approximate surface area is 103 Å². The third kappa shape index (κ3) is 2.68. The van der Waals surface area contributed by atoms with Crippen LogP contribution in [0.2, 0.25) is 0 Å². The van der Waals surface area contributed by atoms with Gasteiger partial charge in [-0.15, -0.1) is 0 Å². The number of aromatic nitrogens is 2. The second-order valence-corrected chi connectivity index (χ2v) is 4.83. The Hall–Kier alpha value is -1.32. The molecule has 2 rings (SSSR count). The van der Waals surface area contributed by atoms with E-state index in [1.165, 1.54) is 12.8 Å². The average Bonchev–Trinajstić information content (AvgIpc) is 3.12. The molecule has 1 aromatic heterocycles. The summed E-state index contributed by atoms with van der Waals surface area (Å²) in [5.41, 5.74) is 5.88. The van der Waals surface area contributed by atoms with Crippen molar-refractivity contribution in [1.82, 2.24) is 9.97 Å². The van der Waals surface area contributed by atoms with Gasteiger partial charge in [0, 0.05) is 24.6 Å². The van der Waals surface area contributed by atoms with E-state index in [0.717, 1.165) is 24.6 Å². The quantitative estimate of drug-likeness (QED) is 0.850. The van der Waals surface area contributed by atoms with Crippen molar-refractivity contribution in [3.05, 3.63) is 11.9 Å². The van der Waals surface area contributed by atoms with Crippen molar-refractivity contribution in [2.24, 2.45) is 0 Å². The Morgan fingerprint density at radius 2 is 2.12 bits per heavy atom. The summed E-state index contributed by atoms with van der Waals surface area (Å²) in [7, 11) is 0. The molecule has 1 saturated carbocycles. The van der Waals surface area contributed by atoms with Crippen LogP contribution < -0.4 is 10.6 Å². The molecule has 17 heavy (non-hydrogen) atoms. The third-order valence-corrected chi connectivity index (χ3v) is 3.45. The zero-order chi connectivity index (χ0) is 12.4. The molecule has 1 fully saturated rings. The van der Waals surface area contributed by atoms with E-state index in [1.807, 2.05) is 6.07 Å². The number of hydrogen-bond acceptors (Lipinski definition) is 4. The summed E-state index contributed by atoms with van der Waals surface area (Å²) < 4.78 is 0. The number of rotatable bonds is 5. The second kappa shape index (κ2) is 4.90. The monoisotopic (exact) mass is 234 g/mol. The molecule has 0 aromatic carbocycles. The van der Waals surface area contributed by atoms with E-state index in [-0.39, 0.29) is 0 Å². The zero-order valence-electron chi connectivity index (χ0n) is 11.0. The fourth-order valence-electron chi connectivity index (χ4n) is 2.06. The van der Waals surface area contributed by atoms with E-state index in [9.17, 15) is 0 Å². The minimum Gasteiger partial charge on any atom is -0.384 e. The Kier molecular flexibility index (Phi) is 3.50. The van der Waals surface area contributed by atoms with Crippen LogP contribution in [-0.4, -0.2) is 22.6 Å². The molecular formula is C13H22N4. The summed E-state index contributed by atoms with van der Waals surface area (Å²) in [5.74, 6) is 3.06. The largest absolute Gasteiger partial charge is 0.384 e. The smallest absolute Gasteiger partial charge is 0.136 e. The molecule has 1 aliphatic rings. The molecule has 0 aliphatic heterocycles. The Morgan fingerprint density at radius 1 is 1.41 bits per heavy atom. The van der Waals surface area contributed by atoms with Gasteiger partial charge >= 0.3 is 0 Å². The first kappa shape index (κ1) is 12.1. The van der Waals surface area contributed by atoms with Crippen LogP contribution in [0, 0.1) is 0 Å². The van der Waals surface area contributed by atoms with Crippen molar-refractivity contribution in [3.8, 4) is 0 Å². The molecule has 0 saturated heterocycles. The molecular weight excluding hydrogens is 212 g/mol. The van der Waals surface area contributed by atoms with Gasteiger partial charge in [-0.1, -0.05) is 6.92 Å². The first-order valence-corrected chi connectivity index (χ1v) is 6.56. The van der Waals surface area contributed by atoms with Crippen molar-refractivity contribution in [1.29, 1.82) is 0 Å². The molecule has 4 nitrogen and oxygen atoms in total. The van der Waals surface area contributed by atoms with Crippen LogP contribution in [0.15, 0.2) is 6.07 Å². The molecule has 94 valence electrons. The molecule has 0 spiro atoms. The highest BCUT2D eigenvalue weighted by Gasteiger charge is 2.28. The van der Waals surface area contributed by atoms with Gasteiger partial charge in [-0.25, -0.2) is 9.97 Å². The van der Waals surface area contributed by atoms with E-state index in [1.54, 1.807) is 0 Å². The molecule has 1 unspecified atom stereocenters. The third-order valence-electron chi connectivity index (χ3n) is 3.45. The predicted octanol–water partition coefficient (Wildman–Crippen LogP) is 2.56. The number of hydrogen-bond donors (Lipinski definition) is 1. The summed E-state index contributed by atoms with van der Waals surface area (Å²) in [4.78, 5) is 11.3. The summed E-state index contributed by atoms with van der Waals surface area (Å²) in [5, 5.41) is 0. The van der Waals surface area contributed by atoms with Gasteiger partial charge in [0.05, 0.1) is 0 Å². The second-order valence-electron chi connectivity index (χ2n) is 4.83. The Bertz CT molecular complexity index is 387. The van der Waals surface area contributed by atoms with E-state index in [4.69, 9.17) is 5.73 Å². The lowest BCUT2D eigenvalue weighted by Gasteiger charge is -2.28. The maximum Gasteiger partial charge on any atom is 0.136 e. The SMILES string of the molecule is CCC(C)N(CC)c1cc(N)nc(C2CC2)n1. The van der Waals surface area contributed by atoms with Crippen LogP contribution in [-0.2, 0) is 0 Å². The van der Waals surface area contributed by atoms with Gasteiger partial charge in [-0.3, -0.25) is 0 Å². The van der Waals surface area contributed by atoms with E-state index in [2.05, 4.69) is 35.6 Å². The van der Waals surface area contributed by atoms with Crippen molar-refractivity contribution >= 4 is 11.6 Å². The van der Waals surface area contributed by atoms with Gasteiger partial charge in [0.1, 0.15) is 17.5 Å². The molecule has 0 radical (unpaired) electrons. The molecule has 0 amide bonds. The molecule has 0 bridgehead atoms. The normalized spacial score (nSPS) is 16.9. The molecule has 1 aromatic rings. The van der Waals surface area contributed by atoms with Crippen LogP contribution in [0.4, 0.5) is 11.6 Å². The number of nitrogens with two attached hydrogens (primary N) is 1. The van der Waals surface area contributed by atoms with Crippen LogP contribution in [0.1, 0.15) is 51.8 Å². The van der Waals surface area contributed by atoms with Gasteiger partial charge in [-0.2, -0.15) is 0 Å². The van der Waals surface area contributed by atoms with Crippen LogP contribution >= 0.6 is 0 Å². The Morgan fingerprint density at radius 3 is 2.65 bits per heavy atom. The van der Waals surface area contributed by atoms with Gasteiger partial charge in [-0.05, 0) is 33.1 Å². The number of nitrogen functional groups attached to an aromatic ring is 1. The molecule has 4 heteroatoms. The van der Waals surface area contributed by atoms with Crippen molar-refractivity contribution < 1.29 is 0 Å².